The van der Waals surface area contributed by atoms with Crippen molar-refractivity contribution in [1.29, 1.82) is 0 Å². The van der Waals surface area contributed by atoms with Crippen LogP contribution in [0.3, 0.4) is 0 Å². The zero-order chi connectivity index (χ0) is 28.0. The Morgan fingerprint density at radius 3 is 2.66 bits per heavy atom. The summed E-state index contributed by atoms with van der Waals surface area (Å²) in [5, 5.41) is 14.4. The summed E-state index contributed by atoms with van der Waals surface area (Å²) in [5.74, 6) is -0.416. The molecule has 0 radical (unpaired) electrons. The van der Waals surface area contributed by atoms with Crippen molar-refractivity contribution >= 4 is 38.9 Å². The van der Waals surface area contributed by atoms with Gasteiger partial charge in [0, 0.05) is 31.6 Å². The Bertz CT molecular complexity index is 1200. The first kappa shape index (κ1) is 30.0. The van der Waals surface area contributed by atoms with Gasteiger partial charge < -0.3 is 25.0 Å². The quantitative estimate of drug-likeness (QED) is 0.429. The topological polar surface area (TPSA) is 119 Å². The van der Waals surface area contributed by atoms with Crippen LogP contribution < -0.4 is 10.1 Å². The van der Waals surface area contributed by atoms with Crippen molar-refractivity contribution in [3.63, 3.8) is 0 Å². The number of fused-ring (bicyclic) bond motifs is 1. The van der Waals surface area contributed by atoms with E-state index >= 15 is 0 Å². The normalized spacial score (nSPS) is 19.1. The predicted octanol–water partition coefficient (Wildman–Crippen LogP) is 2.57. The second-order valence-corrected chi connectivity index (χ2v) is 13.2. The van der Waals surface area contributed by atoms with Crippen molar-refractivity contribution in [3.8, 4) is 5.75 Å². The molecule has 0 spiro atoms. The summed E-state index contributed by atoms with van der Waals surface area (Å²) in [6, 6.07) is 7.67. The summed E-state index contributed by atoms with van der Waals surface area (Å²) in [6.45, 7) is 4.54. The minimum absolute atomic E-state index is 0.0702. The molecule has 210 valence electrons. The minimum atomic E-state index is -3.69. The van der Waals surface area contributed by atoms with Crippen LogP contribution in [-0.2, 0) is 14.8 Å². The van der Waals surface area contributed by atoms with E-state index in [4.69, 9.17) is 4.74 Å². The maximum absolute atomic E-state index is 13.6. The molecule has 2 aromatic rings. The third kappa shape index (κ3) is 7.32. The maximum atomic E-state index is 13.6. The van der Waals surface area contributed by atoms with E-state index < -0.39 is 22.2 Å². The van der Waals surface area contributed by atoms with Gasteiger partial charge in [-0.25, -0.2) is 8.42 Å². The molecular formula is C26H38N4O6S2. The highest BCUT2D eigenvalue weighted by Crippen LogP contribution is 2.31. The van der Waals surface area contributed by atoms with E-state index in [9.17, 15) is 23.1 Å². The van der Waals surface area contributed by atoms with Crippen molar-refractivity contribution < 1.29 is 27.9 Å². The molecule has 2 heterocycles. The lowest BCUT2D eigenvalue weighted by Gasteiger charge is -2.38. The number of hydrogen-bond donors (Lipinski definition) is 2. The molecule has 2 amide bonds. The van der Waals surface area contributed by atoms with Crippen molar-refractivity contribution in [3.05, 3.63) is 41.3 Å². The van der Waals surface area contributed by atoms with Gasteiger partial charge in [0.1, 0.15) is 16.1 Å². The molecule has 3 rings (SSSR count). The largest absolute Gasteiger partial charge is 0.488 e. The standard InChI is InChI=1S/C26H38N4O6S2/c1-18-15-30(19(2)17-31)26(33)21-14-20(27-24(32)8-6-12-28(3)4)10-11-22(21)36-23(18)16-29(5)38(34,35)25-9-7-13-37-25/h7,9-11,13-14,18-19,23,31H,6,8,12,15-17H2,1-5H3,(H,27,32)/t18-,19-,23+/m1/s1. The second kappa shape index (κ2) is 13.0. The maximum Gasteiger partial charge on any atom is 0.258 e. The minimum Gasteiger partial charge on any atom is -0.488 e. The Labute approximate surface area is 229 Å². The number of anilines is 1. The van der Waals surface area contributed by atoms with E-state index in [0.29, 0.717) is 24.3 Å². The molecule has 1 aromatic carbocycles. The van der Waals surface area contributed by atoms with Crippen LogP contribution in [0.4, 0.5) is 5.69 Å². The lowest BCUT2D eigenvalue weighted by atomic mass is 9.99. The average Bonchev–Trinajstić information content (AvgIpc) is 3.42. The van der Waals surface area contributed by atoms with Crippen LogP contribution >= 0.6 is 11.3 Å². The average molecular weight is 567 g/mol. The predicted molar refractivity (Wildman–Crippen MR) is 148 cm³/mol. The number of carbonyl (C=O) groups excluding carboxylic acids is 2. The van der Waals surface area contributed by atoms with Crippen LogP contribution in [0, 0.1) is 5.92 Å². The molecule has 2 N–H and O–H groups in total. The van der Waals surface area contributed by atoms with Crippen LogP contribution in [0.1, 0.15) is 37.0 Å². The van der Waals surface area contributed by atoms with Crippen LogP contribution in [0.5, 0.6) is 5.75 Å². The molecule has 0 bridgehead atoms. The van der Waals surface area contributed by atoms with E-state index in [1.165, 1.54) is 11.4 Å². The van der Waals surface area contributed by atoms with Gasteiger partial charge in [-0.1, -0.05) is 13.0 Å². The monoisotopic (exact) mass is 566 g/mol. The van der Waals surface area contributed by atoms with E-state index in [-0.39, 0.29) is 47.2 Å². The molecule has 12 heteroatoms. The van der Waals surface area contributed by atoms with Gasteiger partial charge in [-0.15, -0.1) is 11.3 Å². The van der Waals surface area contributed by atoms with Crippen LogP contribution in [0.2, 0.25) is 0 Å². The molecule has 1 aliphatic heterocycles. The van der Waals surface area contributed by atoms with Gasteiger partial charge in [0.2, 0.25) is 5.91 Å². The number of aliphatic hydroxyl groups is 1. The number of rotatable bonds is 11. The molecule has 10 nitrogen and oxygen atoms in total. The molecular weight excluding hydrogens is 528 g/mol. The number of nitrogens with zero attached hydrogens (tertiary/aromatic N) is 3. The number of likely N-dealkylation sites (N-methyl/N-ethyl adjacent to an activating group) is 1. The molecule has 38 heavy (non-hydrogen) atoms. The van der Waals surface area contributed by atoms with Gasteiger partial charge in [-0.3, -0.25) is 9.59 Å². The first-order valence-electron chi connectivity index (χ1n) is 12.6. The third-order valence-electron chi connectivity index (χ3n) is 6.55. The Balaban J connectivity index is 1.88. The summed E-state index contributed by atoms with van der Waals surface area (Å²) in [5.41, 5.74) is 0.715. The van der Waals surface area contributed by atoms with E-state index in [1.807, 2.05) is 25.9 Å². The molecule has 0 aliphatic carbocycles. The first-order chi connectivity index (χ1) is 17.9. The van der Waals surface area contributed by atoms with Gasteiger partial charge in [-0.2, -0.15) is 4.31 Å². The number of amides is 2. The number of carbonyl (C=O) groups is 2. The highest BCUT2D eigenvalue weighted by atomic mass is 32.2. The fourth-order valence-electron chi connectivity index (χ4n) is 4.21. The first-order valence-corrected chi connectivity index (χ1v) is 14.9. The zero-order valence-corrected chi connectivity index (χ0v) is 24.2. The van der Waals surface area contributed by atoms with Gasteiger partial charge in [0.05, 0.1) is 24.8 Å². The smallest absolute Gasteiger partial charge is 0.258 e. The molecule has 3 atom stereocenters. The molecule has 0 fully saturated rings. The zero-order valence-electron chi connectivity index (χ0n) is 22.6. The van der Waals surface area contributed by atoms with Crippen LogP contribution in [0.25, 0.3) is 0 Å². The summed E-state index contributed by atoms with van der Waals surface area (Å²) in [6.07, 6.45) is 0.481. The van der Waals surface area contributed by atoms with Crippen LogP contribution in [0.15, 0.2) is 39.9 Å². The highest BCUT2D eigenvalue weighted by Gasteiger charge is 2.35. The van der Waals surface area contributed by atoms with Crippen molar-refractivity contribution in [2.75, 3.05) is 52.7 Å². The molecule has 1 aliphatic rings. The summed E-state index contributed by atoms with van der Waals surface area (Å²) < 4.78 is 33.9. The lowest BCUT2D eigenvalue weighted by Crippen LogP contribution is -2.50. The Morgan fingerprint density at radius 1 is 1.29 bits per heavy atom. The Kier molecular flexibility index (Phi) is 10.3. The Hall–Kier alpha value is -2.51. The number of nitrogens with one attached hydrogen (secondary N) is 1. The summed E-state index contributed by atoms with van der Waals surface area (Å²) in [4.78, 5) is 29.6. The number of aliphatic hydroxyl groups excluding tert-OH is 1. The number of ether oxygens (including phenoxy) is 1. The van der Waals surface area contributed by atoms with Crippen molar-refractivity contribution in [2.24, 2.45) is 5.92 Å². The van der Waals surface area contributed by atoms with Gasteiger partial charge in [0.25, 0.3) is 15.9 Å². The summed E-state index contributed by atoms with van der Waals surface area (Å²) >= 11 is 1.15. The fraction of sp³-hybridized carbons (Fsp3) is 0.538. The summed E-state index contributed by atoms with van der Waals surface area (Å²) in [7, 11) is 1.71. The molecule has 0 unspecified atom stereocenters. The fourth-order valence-corrected chi connectivity index (χ4v) is 6.60. The molecule has 0 saturated carbocycles. The van der Waals surface area contributed by atoms with E-state index in [1.54, 1.807) is 47.5 Å². The highest BCUT2D eigenvalue weighted by molar-refractivity contribution is 7.91. The van der Waals surface area contributed by atoms with Crippen molar-refractivity contribution in [2.45, 2.75) is 43.0 Å². The van der Waals surface area contributed by atoms with Crippen LogP contribution in [-0.4, -0.2) is 99.0 Å². The van der Waals surface area contributed by atoms with Crippen molar-refractivity contribution in [1.82, 2.24) is 14.1 Å². The van der Waals surface area contributed by atoms with Gasteiger partial charge in [0.15, 0.2) is 0 Å². The SMILES string of the molecule is C[C@@H]1CN([C@H](C)CO)C(=O)c2cc(NC(=O)CCCN(C)C)ccc2O[C@H]1CN(C)S(=O)(=O)c1cccs1. The number of benzene rings is 1. The number of sulfonamides is 1. The van der Waals surface area contributed by atoms with Gasteiger partial charge >= 0.3 is 0 Å². The second-order valence-electron chi connectivity index (χ2n) is 10.0. The lowest BCUT2D eigenvalue weighted by molar-refractivity contribution is -0.116. The number of hydrogen-bond acceptors (Lipinski definition) is 8. The molecule has 0 saturated heterocycles. The Morgan fingerprint density at radius 2 is 2.03 bits per heavy atom. The van der Waals surface area contributed by atoms with Gasteiger partial charge in [-0.05, 0) is 63.6 Å². The molecule has 1 aromatic heterocycles. The third-order valence-corrected chi connectivity index (χ3v) is 9.75. The number of thiophene rings is 1. The van der Waals surface area contributed by atoms with E-state index in [2.05, 4.69) is 5.32 Å². The van der Waals surface area contributed by atoms with E-state index in [0.717, 1.165) is 17.9 Å².